The van der Waals surface area contributed by atoms with Gasteiger partial charge < -0.3 is 0 Å². The number of benzene rings is 8. The molecule has 52 heavy (non-hydrogen) atoms. The molecule has 0 bridgehead atoms. The molecule has 0 aliphatic carbocycles. The summed E-state index contributed by atoms with van der Waals surface area (Å²) in [5, 5.41) is 19.0. The highest BCUT2D eigenvalue weighted by molar-refractivity contribution is 6.41. The molecule has 0 radical (unpaired) electrons. The molecule has 10 aromatic rings. The van der Waals surface area contributed by atoms with Gasteiger partial charge in [0.1, 0.15) is 0 Å². The van der Waals surface area contributed by atoms with Gasteiger partial charge in [0.25, 0.3) is 0 Å². The van der Waals surface area contributed by atoms with E-state index in [0.717, 1.165) is 0 Å². The first-order valence-corrected chi connectivity index (χ1v) is 18.9. The molecule has 0 spiro atoms. The molecular weight excluding hydrogens is 625 g/mol. The van der Waals surface area contributed by atoms with E-state index in [1.54, 1.807) is 0 Å². The summed E-state index contributed by atoms with van der Waals surface area (Å²) in [6.07, 6.45) is 0. The highest BCUT2D eigenvalue weighted by Gasteiger charge is 2.23. The maximum atomic E-state index is 2.54. The van der Waals surface area contributed by atoms with Crippen molar-refractivity contribution in [3.05, 3.63) is 141 Å². The fourth-order valence-corrected chi connectivity index (χ4v) is 10.2. The van der Waals surface area contributed by atoms with Crippen molar-refractivity contribution >= 4 is 75.4 Å². The molecule has 252 valence electrons. The lowest BCUT2D eigenvalue weighted by Gasteiger charge is -2.20. The zero-order valence-electron chi connectivity index (χ0n) is 32.1. The van der Waals surface area contributed by atoms with Gasteiger partial charge in [-0.3, -0.25) is 0 Å². The summed E-state index contributed by atoms with van der Waals surface area (Å²) in [5.41, 5.74) is 19.4. The molecule has 0 amide bonds. The van der Waals surface area contributed by atoms with Gasteiger partial charge in [-0.1, -0.05) is 54.6 Å². The Morgan fingerprint density at radius 1 is 0.231 bits per heavy atom. The van der Waals surface area contributed by atoms with Crippen LogP contribution in [0.25, 0.3) is 97.7 Å². The zero-order chi connectivity index (χ0) is 36.1. The molecule has 0 fully saturated rings. The summed E-state index contributed by atoms with van der Waals surface area (Å²) in [7, 11) is 0. The van der Waals surface area contributed by atoms with Crippen LogP contribution in [0.15, 0.2) is 84.9 Å². The van der Waals surface area contributed by atoms with Gasteiger partial charge in [-0.25, -0.2) is 0 Å². The Kier molecular flexibility index (Phi) is 6.35. The van der Waals surface area contributed by atoms with E-state index in [9.17, 15) is 0 Å². The van der Waals surface area contributed by atoms with Crippen LogP contribution in [0.2, 0.25) is 0 Å². The smallest absolute Gasteiger partial charge is 0.00195 e. The number of rotatable bonds is 2. The molecule has 0 N–H and O–H groups in total. The van der Waals surface area contributed by atoms with Crippen LogP contribution in [0.5, 0.6) is 0 Å². The van der Waals surface area contributed by atoms with Gasteiger partial charge in [-0.05, 0) is 253 Å². The average Bonchev–Trinajstić information content (AvgIpc) is 3.65. The van der Waals surface area contributed by atoms with E-state index < -0.39 is 0 Å². The van der Waals surface area contributed by atoms with Crippen LogP contribution in [-0.2, 0) is 0 Å². The van der Waals surface area contributed by atoms with E-state index in [0.29, 0.717) is 0 Å². The van der Waals surface area contributed by atoms with Crippen molar-refractivity contribution in [2.24, 2.45) is 0 Å². The van der Waals surface area contributed by atoms with Gasteiger partial charge in [0.2, 0.25) is 0 Å². The molecule has 0 unspecified atom stereocenters. The lowest BCUT2D eigenvalue weighted by atomic mass is 9.84. The molecule has 0 aromatic heterocycles. The predicted molar refractivity (Wildman–Crippen MR) is 230 cm³/mol. The monoisotopic (exact) mass is 668 g/mol. The summed E-state index contributed by atoms with van der Waals surface area (Å²) in [6.45, 7) is 23.0. The quantitative estimate of drug-likeness (QED) is 0.161. The van der Waals surface area contributed by atoms with Crippen LogP contribution in [0.1, 0.15) is 55.6 Å². The number of hydrogen-bond acceptors (Lipinski definition) is 0. The molecule has 0 aliphatic rings. The molecular formula is C52H44. The van der Waals surface area contributed by atoms with Crippen LogP contribution in [-0.4, -0.2) is 0 Å². The third kappa shape index (κ3) is 3.83. The van der Waals surface area contributed by atoms with Crippen molar-refractivity contribution in [1.82, 2.24) is 0 Å². The van der Waals surface area contributed by atoms with E-state index >= 15 is 0 Å². The molecule has 0 saturated heterocycles. The summed E-state index contributed by atoms with van der Waals surface area (Å²) >= 11 is 0. The van der Waals surface area contributed by atoms with E-state index in [4.69, 9.17) is 0 Å². The van der Waals surface area contributed by atoms with Crippen molar-refractivity contribution in [3.63, 3.8) is 0 Å². The Morgan fingerprint density at radius 2 is 0.558 bits per heavy atom. The standard InChI is InChI=1S/C52H44/c1-25-27(3)31(7)49(32(8)28(25)4)35-18-19-39-40-16-13-17-41-43-23-47-38-15-12-11-14-37(38)45-21-36(50-33(9)29(5)26(2)30(6)34(50)10)22-46(52(45)47)44(43)24-48(51(40)41)42(39)20-35/h11-24H,1-10H3. The summed E-state index contributed by atoms with van der Waals surface area (Å²) in [5.74, 6) is 0. The Hall–Kier alpha value is -5.46. The zero-order valence-corrected chi connectivity index (χ0v) is 32.1. The molecule has 0 nitrogen and oxygen atoms in total. The predicted octanol–water partition coefficient (Wildman–Crippen LogP) is 15.1. The first kappa shape index (κ1) is 31.3. The van der Waals surface area contributed by atoms with Crippen molar-refractivity contribution in [2.45, 2.75) is 69.2 Å². The van der Waals surface area contributed by atoms with Crippen molar-refractivity contribution in [1.29, 1.82) is 0 Å². The molecule has 0 aliphatic heterocycles. The normalized spacial score (nSPS) is 12.4. The Morgan fingerprint density at radius 3 is 1.12 bits per heavy atom. The van der Waals surface area contributed by atoms with Crippen LogP contribution >= 0.6 is 0 Å². The van der Waals surface area contributed by atoms with Crippen LogP contribution in [0, 0.1) is 69.2 Å². The van der Waals surface area contributed by atoms with E-state index in [2.05, 4.69) is 154 Å². The molecule has 0 saturated carbocycles. The molecule has 0 atom stereocenters. The van der Waals surface area contributed by atoms with E-state index in [1.165, 1.54) is 153 Å². The van der Waals surface area contributed by atoms with Gasteiger partial charge in [0, 0.05) is 0 Å². The summed E-state index contributed by atoms with van der Waals surface area (Å²) in [6, 6.07) is 33.3. The van der Waals surface area contributed by atoms with Gasteiger partial charge in [-0.2, -0.15) is 0 Å². The molecule has 10 aromatic carbocycles. The maximum absolute atomic E-state index is 2.54. The van der Waals surface area contributed by atoms with Crippen LogP contribution in [0.3, 0.4) is 0 Å². The number of fused-ring (bicyclic) bond motifs is 9. The van der Waals surface area contributed by atoms with Crippen molar-refractivity contribution in [2.75, 3.05) is 0 Å². The minimum atomic E-state index is 1.32. The minimum Gasteiger partial charge on any atom is -0.0616 e. The highest BCUT2D eigenvalue weighted by atomic mass is 14.3. The highest BCUT2D eigenvalue weighted by Crippen LogP contribution is 2.50. The van der Waals surface area contributed by atoms with Crippen molar-refractivity contribution in [3.8, 4) is 22.3 Å². The van der Waals surface area contributed by atoms with Gasteiger partial charge in [0.15, 0.2) is 0 Å². The van der Waals surface area contributed by atoms with Gasteiger partial charge >= 0.3 is 0 Å². The fourth-order valence-electron chi connectivity index (χ4n) is 10.2. The SMILES string of the molecule is Cc1c(C)c(C)c(-c2ccc3c(c2)c2cc4c(cc5c6ccccc6c6cc(-c7c(C)c(C)c(C)c(C)c7C)cc4c65)c4cccc3c42)c(C)c1C. The third-order valence-corrected chi connectivity index (χ3v) is 13.9. The van der Waals surface area contributed by atoms with Crippen LogP contribution < -0.4 is 0 Å². The second kappa shape index (κ2) is 10.5. The second-order valence-electron chi connectivity index (χ2n) is 15.9. The molecule has 0 heteroatoms. The summed E-state index contributed by atoms with van der Waals surface area (Å²) < 4.78 is 0. The average molecular weight is 669 g/mol. The second-order valence-corrected chi connectivity index (χ2v) is 15.9. The first-order valence-electron chi connectivity index (χ1n) is 18.9. The first-order chi connectivity index (χ1) is 25.0. The minimum absolute atomic E-state index is 1.32. The Bertz CT molecular complexity index is 3140. The summed E-state index contributed by atoms with van der Waals surface area (Å²) in [4.78, 5) is 0. The third-order valence-electron chi connectivity index (χ3n) is 13.9. The number of hydrogen-bond donors (Lipinski definition) is 0. The van der Waals surface area contributed by atoms with Gasteiger partial charge in [-0.15, -0.1) is 0 Å². The van der Waals surface area contributed by atoms with Crippen molar-refractivity contribution < 1.29 is 0 Å². The maximum Gasteiger partial charge on any atom is -0.00195 e. The van der Waals surface area contributed by atoms with E-state index in [-0.39, 0.29) is 0 Å². The topological polar surface area (TPSA) is 0 Å². The van der Waals surface area contributed by atoms with E-state index in [1.807, 2.05) is 0 Å². The largest absolute Gasteiger partial charge is 0.0616 e. The lowest BCUT2D eigenvalue weighted by Crippen LogP contribution is -1.99. The fraction of sp³-hybridized carbons (Fsp3) is 0.192. The van der Waals surface area contributed by atoms with Gasteiger partial charge in [0.05, 0.1) is 0 Å². The molecule has 0 heterocycles. The molecule has 10 rings (SSSR count). The Balaban J connectivity index is 1.38. The lowest BCUT2D eigenvalue weighted by molar-refractivity contribution is 1.18. The van der Waals surface area contributed by atoms with Crippen LogP contribution in [0.4, 0.5) is 0 Å². The Labute approximate surface area is 306 Å².